The van der Waals surface area contributed by atoms with Crippen LogP contribution in [0.3, 0.4) is 0 Å². The summed E-state index contributed by atoms with van der Waals surface area (Å²) in [5, 5.41) is 0.493. The molecule has 0 radical (unpaired) electrons. The summed E-state index contributed by atoms with van der Waals surface area (Å²) in [7, 11) is 0. The van der Waals surface area contributed by atoms with E-state index in [1.54, 1.807) is 6.07 Å². The fraction of sp³-hybridized carbons (Fsp3) is 0.571. The third-order valence-electron chi connectivity index (χ3n) is 2.70. The molecule has 0 saturated carbocycles. The highest BCUT2D eigenvalue weighted by Gasteiger charge is 2.13. The van der Waals surface area contributed by atoms with Crippen LogP contribution in [0.1, 0.15) is 56.4 Å². The van der Waals surface area contributed by atoms with Crippen molar-refractivity contribution in [2.45, 2.75) is 52.1 Å². The van der Waals surface area contributed by atoms with Gasteiger partial charge in [0.15, 0.2) is 0 Å². The van der Waals surface area contributed by atoms with Crippen LogP contribution in [0.15, 0.2) is 18.3 Å². The summed E-state index contributed by atoms with van der Waals surface area (Å²) in [5.41, 5.74) is 0.267. The Morgan fingerprint density at radius 2 is 2.22 bits per heavy atom. The van der Waals surface area contributed by atoms with E-state index in [-0.39, 0.29) is 11.8 Å². The first-order chi connectivity index (χ1) is 8.63. The Bertz CT molecular complexity index is 382. The fourth-order valence-corrected chi connectivity index (χ4v) is 1.84. The average Bonchev–Trinajstić information content (AvgIpc) is 2.34. The van der Waals surface area contributed by atoms with Crippen molar-refractivity contribution < 1.29 is 9.53 Å². The van der Waals surface area contributed by atoms with Crippen LogP contribution in [0, 0.1) is 0 Å². The molecule has 1 aromatic rings. The van der Waals surface area contributed by atoms with Crippen LogP contribution in [0.4, 0.5) is 0 Å². The maximum atomic E-state index is 11.8. The van der Waals surface area contributed by atoms with Crippen molar-refractivity contribution in [2.24, 2.45) is 0 Å². The summed E-state index contributed by atoms with van der Waals surface area (Å²) < 4.78 is 5.31. The highest BCUT2D eigenvalue weighted by molar-refractivity contribution is 6.30. The van der Waals surface area contributed by atoms with Crippen molar-refractivity contribution in [2.75, 3.05) is 0 Å². The Labute approximate surface area is 114 Å². The molecule has 1 rings (SSSR count). The number of esters is 1. The van der Waals surface area contributed by atoms with Crippen LogP contribution < -0.4 is 0 Å². The van der Waals surface area contributed by atoms with Gasteiger partial charge in [-0.15, -0.1) is 0 Å². The zero-order valence-electron chi connectivity index (χ0n) is 11.0. The van der Waals surface area contributed by atoms with Crippen LogP contribution in [-0.4, -0.2) is 17.1 Å². The van der Waals surface area contributed by atoms with Gasteiger partial charge in [0.2, 0.25) is 0 Å². The van der Waals surface area contributed by atoms with Gasteiger partial charge in [-0.05, 0) is 31.9 Å². The molecule has 0 aromatic carbocycles. The second-order valence-electron chi connectivity index (χ2n) is 4.42. The molecule has 0 fully saturated rings. The van der Waals surface area contributed by atoms with Gasteiger partial charge in [0.25, 0.3) is 0 Å². The predicted octanol–water partition coefficient (Wildman–Crippen LogP) is 4.25. The molecular formula is C14H20ClNO2. The number of hydrogen-bond acceptors (Lipinski definition) is 3. The smallest absolute Gasteiger partial charge is 0.357 e. The molecule has 3 nitrogen and oxygen atoms in total. The second-order valence-corrected chi connectivity index (χ2v) is 4.86. The first kappa shape index (κ1) is 15.0. The van der Waals surface area contributed by atoms with Gasteiger partial charge in [0.1, 0.15) is 5.69 Å². The van der Waals surface area contributed by atoms with Crippen molar-refractivity contribution in [1.82, 2.24) is 4.98 Å². The molecule has 0 amide bonds. The van der Waals surface area contributed by atoms with Crippen LogP contribution in [0.25, 0.3) is 0 Å². The molecule has 18 heavy (non-hydrogen) atoms. The quantitative estimate of drug-likeness (QED) is 0.549. The second kappa shape index (κ2) is 8.09. The van der Waals surface area contributed by atoms with Gasteiger partial charge in [-0.25, -0.2) is 9.78 Å². The third kappa shape index (κ3) is 5.50. The van der Waals surface area contributed by atoms with Crippen molar-refractivity contribution in [3.8, 4) is 0 Å². The summed E-state index contributed by atoms with van der Waals surface area (Å²) in [5.74, 6) is -0.402. The molecule has 1 heterocycles. The van der Waals surface area contributed by atoms with Crippen molar-refractivity contribution in [3.05, 3.63) is 29.0 Å². The van der Waals surface area contributed by atoms with E-state index in [1.807, 2.05) is 6.92 Å². The number of ether oxygens (including phenoxy) is 1. The van der Waals surface area contributed by atoms with E-state index in [1.165, 1.54) is 31.5 Å². The van der Waals surface area contributed by atoms with E-state index >= 15 is 0 Å². The van der Waals surface area contributed by atoms with E-state index in [9.17, 15) is 4.79 Å². The lowest BCUT2D eigenvalue weighted by Gasteiger charge is -2.12. The summed E-state index contributed by atoms with van der Waals surface area (Å²) >= 11 is 5.80. The van der Waals surface area contributed by atoms with Crippen molar-refractivity contribution >= 4 is 17.6 Å². The number of nitrogens with zero attached hydrogens (tertiary/aromatic N) is 1. The van der Waals surface area contributed by atoms with Gasteiger partial charge in [0, 0.05) is 11.2 Å². The van der Waals surface area contributed by atoms with E-state index in [2.05, 4.69) is 11.9 Å². The molecular weight excluding hydrogens is 250 g/mol. The molecule has 0 N–H and O–H groups in total. The Morgan fingerprint density at radius 3 is 2.89 bits per heavy atom. The lowest BCUT2D eigenvalue weighted by Crippen LogP contribution is -2.16. The first-order valence-corrected chi connectivity index (χ1v) is 6.83. The normalized spacial score (nSPS) is 12.2. The summed E-state index contributed by atoms with van der Waals surface area (Å²) in [4.78, 5) is 15.7. The number of pyridine rings is 1. The topological polar surface area (TPSA) is 39.2 Å². The number of halogens is 1. The molecule has 0 saturated heterocycles. The lowest BCUT2D eigenvalue weighted by atomic mass is 10.1. The molecule has 1 aromatic heterocycles. The monoisotopic (exact) mass is 269 g/mol. The minimum absolute atomic E-state index is 0.0739. The lowest BCUT2D eigenvalue weighted by molar-refractivity contribution is 0.0312. The number of aromatic nitrogens is 1. The van der Waals surface area contributed by atoms with Gasteiger partial charge in [-0.1, -0.05) is 37.8 Å². The van der Waals surface area contributed by atoms with E-state index in [0.29, 0.717) is 5.02 Å². The number of unbranched alkanes of at least 4 members (excludes halogenated alkanes) is 3. The molecule has 100 valence electrons. The third-order valence-corrected chi connectivity index (χ3v) is 2.94. The molecule has 0 aliphatic rings. The van der Waals surface area contributed by atoms with Crippen LogP contribution in [0.2, 0.25) is 5.02 Å². The fourth-order valence-electron chi connectivity index (χ4n) is 1.68. The molecule has 0 bridgehead atoms. The highest BCUT2D eigenvalue weighted by atomic mass is 35.5. The maximum absolute atomic E-state index is 11.8. The van der Waals surface area contributed by atoms with Crippen molar-refractivity contribution in [3.63, 3.8) is 0 Å². The van der Waals surface area contributed by atoms with E-state index < -0.39 is 5.97 Å². The van der Waals surface area contributed by atoms with E-state index in [0.717, 1.165) is 12.8 Å². The van der Waals surface area contributed by atoms with Crippen LogP contribution in [0.5, 0.6) is 0 Å². The summed E-state index contributed by atoms with van der Waals surface area (Å²) in [6, 6.07) is 3.15. The molecule has 0 aliphatic heterocycles. The Morgan fingerprint density at radius 1 is 1.44 bits per heavy atom. The number of rotatable bonds is 7. The SMILES string of the molecule is CCCCCCC(C)OC(=O)c1cc(Cl)ccn1. The molecule has 1 unspecified atom stereocenters. The summed E-state index contributed by atoms with van der Waals surface area (Å²) in [6.45, 7) is 4.09. The highest BCUT2D eigenvalue weighted by Crippen LogP contribution is 2.12. The average molecular weight is 270 g/mol. The maximum Gasteiger partial charge on any atom is 0.357 e. The van der Waals surface area contributed by atoms with Crippen LogP contribution in [-0.2, 0) is 4.74 Å². The Hall–Kier alpha value is -1.09. The molecule has 0 spiro atoms. The van der Waals surface area contributed by atoms with Crippen LogP contribution >= 0.6 is 11.6 Å². The zero-order valence-corrected chi connectivity index (χ0v) is 11.7. The van der Waals surface area contributed by atoms with Gasteiger partial charge in [-0.3, -0.25) is 0 Å². The standard InChI is InChI=1S/C14H20ClNO2/c1-3-4-5-6-7-11(2)18-14(17)13-10-12(15)8-9-16-13/h8-11H,3-7H2,1-2H3. The van der Waals surface area contributed by atoms with Crippen molar-refractivity contribution in [1.29, 1.82) is 0 Å². The number of hydrogen-bond donors (Lipinski definition) is 0. The molecule has 0 aliphatic carbocycles. The van der Waals surface area contributed by atoms with Gasteiger partial charge < -0.3 is 4.74 Å². The Balaban J connectivity index is 2.35. The van der Waals surface area contributed by atoms with E-state index in [4.69, 9.17) is 16.3 Å². The first-order valence-electron chi connectivity index (χ1n) is 6.46. The minimum Gasteiger partial charge on any atom is -0.458 e. The summed E-state index contributed by atoms with van der Waals surface area (Å²) in [6.07, 6.45) is 7.04. The number of carbonyl (C=O) groups excluding carboxylic acids is 1. The number of carbonyl (C=O) groups is 1. The minimum atomic E-state index is -0.402. The largest absolute Gasteiger partial charge is 0.458 e. The van der Waals surface area contributed by atoms with Gasteiger partial charge in [-0.2, -0.15) is 0 Å². The molecule has 1 atom stereocenters. The molecule has 4 heteroatoms. The van der Waals surface area contributed by atoms with Gasteiger partial charge in [0.05, 0.1) is 6.10 Å². The zero-order chi connectivity index (χ0) is 13.4. The predicted molar refractivity (Wildman–Crippen MR) is 72.9 cm³/mol. The Kier molecular flexibility index (Phi) is 6.73. The van der Waals surface area contributed by atoms with Gasteiger partial charge >= 0.3 is 5.97 Å².